The van der Waals surface area contributed by atoms with Gasteiger partial charge in [-0.05, 0) is 44.0 Å². The van der Waals surface area contributed by atoms with Gasteiger partial charge in [-0.25, -0.2) is 0 Å². The van der Waals surface area contributed by atoms with Gasteiger partial charge in [-0.15, -0.1) is 0 Å². The van der Waals surface area contributed by atoms with Crippen molar-refractivity contribution in [3.8, 4) is 0 Å². The van der Waals surface area contributed by atoms with Gasteiger partial charge >= 0.3 is 0 Å². The predicted molar refractivity (Wildman–Crippen MR) is 107 cm³/mol. The molecule has 3 nitrogen and oxygen atoms in total. The molecule has 0 aromatic heterocycles. The van der Waals surface area contributed by atoms with Crippen molar-refractivity contribution in [2.75, 3.05) is 19.6 Å². The molecule has 26 heavy (non-hydrogen) atoms. The van der Waals surface area contributed by atoms with Crippen molar-refractivity contribution >= 4 is 5.91 Å². The maximum atomic E-state index is 13.0. The van der Waals surface area contributed by atoms with E-state index >= 15 is 0 Å². The molecule has 0 bridgehead atoms. The molecule has 0 heterocycles. The number of rotatable bonds is 8. The molecule has 1 atom stereocenters. The van der Waals surface area contributed by atoms with E-state index < -0.39 is 0 Å². The average Bonchev–Trinajstić information content (AvgIpc) is 3.48. The molecule has 1 saturated carbocycles. The molecule has 1 N–H and O–H groups in total. The number of nitrogens with one attached hydrogen (secondary N) is 1. The summed E-state index contributed by atoms with van der Waals surface area (Å²) in [6.07, 6.45) is 1.90. The quantitative estimate of drug-likeness (QED) is 0.773. The summed E-state index contributed by atoms with van der Waals surface area (Å²) in [6, 6.07) is 19.1. The molecule has 1 unspecified atom stereocenters. The van der Waals surface area contributed by atoms with Crippen LogP contribution in [0.1, 0.15) is 49.4 Å². The fourth-order valence-electron chi connectivity index (χ4n) is 3.87. The Morgan fingerprint density at radius 1 is 1.08 bits per heavy atom. The van der Waals surface area contributed by atoms with E-state index in [0.717, 1.165) is 31.5 Å². The van der Waals surface area contributed by atoms with Crippen LogP contribution in [0.15, 0.2) is 54.6 Å². The second-order valence-electron chi connectivity index (χ2n) is 7.31. The molecule has 138 valence electrons. The van der Waals surface area contributed by atoms with E-state index in [-0.39, 0.29) is 17.4 Å². The second kappa shape index (κ2) is 8.05. The predicted octanol–water partition coefficient (Wildman–Crippen LogP) is 4.23. The van der Waals surface area contributed by atoms with Crippen LogP contribution in [0.3, 0.4) is 0 Å². The molecule has 0 saturated heterocycles. The lowest BCUT2D eigenvalue weighted by Gasteiger charge is -2.31. The van der Waals surface area contributed by atoms with Crippen LogP contribution in [0, 0.1) is 6.92 Å². The maximum Gasteiger partial charge on any atom is 0.230 e. The molecule has 2 aromatic rings. The number of hydrogen-bond donors (Lipinski definition) is 1. The van der Waals surface area contributed by atoms with Crippen LogP contribution in [-0.4, -0.2) is 30.4 Å². The first-order chi connectivity index (χ1) is 12.6. The Hall–Kier alpha value is -2.13. The third-order valence-corrected chi connectivity index (χ3v) is 5.65. The Morgan fingerprint density at radius 3 is 2.35 bits per heavy atom. The number of benzene rings is 2. The van der Waals surface area contributed by atoms with Crippen LogP contribution in [0.25, 0.3) is 0 Å². The fourth-order valence-corrected chi connectivity index (χ4v) is 3.87. The highest BCUT2D eigenvalue weighted by Gasteiger charge is 2.51. The number of amides is 1. The van der Waals surface area contributed by atoms with E-state index in [1.54, 1.807) is 0 Å². The molecule has 2 aromatic carbocycles. The van der Waals surface area contributed by atoms with Crippen LogP contribution >= 0.6 is 0 Å². The zero-order valence-electron chi connectivity index (χ0n) is 16.2. The number of likely N-dealkylation sites (N-methyl/N-ethyl adjacent to an activating group) is 1. The monoisotopic (exact) mass is 350 g/mol. The van der Waals surface area contributed by atoms with E-state index in [4.69, 9.17) is 0 Å². The molecule has 0 spiro atoms. The number of nitrogens with zero attached hydrogens (tertiary/aromatic N) is 1. The summed E-state index contributed by atoms with van der Waals surface area (Å²) >= 11 is 0. The molecule has 3 rings (SSSR count). The van der Waals surface area contributed by atoms with Crippen molar-refractivity contribution in [1.29, 1.82) is 0 Å². The maximum absolute atomic E-state index is 13.0. The normalized spacial score (nSPS) is 16.3. The first kappa shape index (κ1) is 18.7. The summed E-state index contributed by atoms with van der Waals surface area (Å²) < 4.78 is 0. The minimum absolute atomic E-state index is 0.177. The van der Waals surface area contributed by atoms with E-state index in [1.165, 1.54) is 11.1 Å². The van der Waals surface area contributed by atoms with Gasteiger partial charge in [-0.1, -0.05) is 74.0 Å². The minimum atomic E-state index is -0.309. The zero-order valence-corrected chi connectivity index (χ0v) is 16.2. The van der Waals surface area contributed by atoms with Gasteiger partial charge in [0.25, 0.3) is 0 Å². The van der Waals surface area contributed by atoms with Crippen molar-refractivity contribution in [1.82, 2.24) is 10.2 Å². The first-order valence-corrected chi connectivity index (χ1v) is 9.75. The van der Waals surface area contributed by atoms with Gasteiger partial charge < -0.3 is 5.32 Å². The number of carbonyl (C=O) groups is 1. The number of aryl methyl sites for hydroxylation is 1. The van der Waals surface area contributed by atoms with Crippen molar-refractivity contribution in [2.45, 2.75) is 45.1 Å². The third-order valence-electron chi connectivity index (χ3n) is 5.65. The number of carbonyl (C=O) groups excluding carboxylic acids is 1. The molecule has 0 aliphatic heterocycles. The summed E-state index contributed by atoms with van der Waals surface area (Å²) in [5.41, 5.74) is 3.33. The van der Waals surface area contributed by atoms with Crippen molar-refractivity contribution in [3.63, 3.8) is 0 Å². The SMILES string of the molecule is CCN(CC)C(CNC(=O)C1(c2cccc(C)c2)CC1)c1ccccc1. The lowest BCUT2D eigenvalue weighted by Crippen LogP contribution is -2.41. The standard InChI is InChI=1S/C23H30N2O/c1-4-25(5-2)21(19-11-7-6-8-12-19)17-24-22(26)23(14-15-23)20-13-9-10-18(3)16-20/h6-13,16,21H,4-5,14-15,17H2,1-3H3,(H,24,26). The third kappa shape index (κ3) is 3.83. The lowest BCUT2D eigenvalue weighted by molar-refractivity contribution is -0.123. The van der Waals surface area contributed by atoms with Gasteiger partial charge in [0.15, 0.2) is 0 Å². The molecule has 0 radical (unpaired) electrons. The van der Waals surface area contributed by atoms with E-state index in [9.17, 15) is 4.79 Å². The summed E-state index contributed by atoms with van der Waals surface area (Å²) in [5, 5.41) is 3.27. The molecule has 1 aliphatic rings. The summed E-state index contributed by atoms with van der Waals surface area (Å²) in [5.74, 6) is 0.177. The summed E-state index contributed by atoms with van der Waals surface area (Å²) in [4.78, 5) is 15.4. The Labute approximate surface area is 157 Å². The lowest BCUT2D eigenvalue weighted by atomic mass is 9.93. The van der Waals surface area contributed by atoms with E-state index in [1.807, 2.05) is 6.07 Å². The van der Waals surface area contributed by atoms with Gasteiger partial charge in [-0.3, -0.25) is 9.69 Å². The molecular formula is C23H30N2O. The van der Waals surface area contributed by atoms with Gasteiger partial charge in [0.1, 0.15) is 0 Å². The van der Waals surface area contributed by atoms with Gasteiger partial charge in [-0.2, -0.15) is 0 Å². The highest BCUT2D eigenvalue weighted by molar-refractivity contribution is 5.91. The van der Waals surface area contributed by atoms with Gasteiger partial charge in [0.05, 0.1) is 11.5 Å². The van der Waals surface area contributed by atoms with Gasteiger partial charge in [0.2, 0.25) is 5.91 Å². The average molecular weight is 351 g/mol. The first-order valence-electron chi connectivity index (χ1n) is 9.75. The summed E-state index contributed by atoms with van der Waals surface area (Å²) in [6.45, 7) is 9.03. The minimum Gasteiger partial charge on any atom is -0.353 e. The second-order valence-corrected chi connectivity index (χ2v) is 7.31. The highest BCUT2D eigenvalue weighted by atomic mass is 16.2. The van der Waals surface area contributed by atoms with Crippen LogP contribution in [0.2, 0.25) is 0 Å². The fraction of sp³-hybridized carbons (Fsp3) is 0.435. The molecular weight excluding hydrogens is 320 g/mol. The van der Waals surface area contributed by atoms with E-state index in [2.05, 4.69) is 79.5 Å². The highest BCUT2D eigenvalue weighted by Crippen LogP contribution is 2.48. The largest absolute Gasteiger partial charge is 0.353 e. The van der Waals surface area contributed by atoms with Crippen LogP contribution in [0.4, 0.5) is 0 Å². The number of hydrogen-bond acceptors (Lipinski definition) is 2. The zero-order chi connectivity index (χ0) is 18.6. The summed E-state index contributed by atoms with van der Waals surface area (Å²) in [7, 11) is 0. The smallest absolute Gasteiger partial charge is 0.230 e. The van der Waals surface area contributed by atoms with Crippen LogP contribution in [-0.2, 0) is 10.2 Å². The Balaban J connectivity index is 1.74. The van der Waals surface area contributed by atoms with Crippen LogP contribution in [0.5, 0.6) is 0 Å². The van der Waals surface area contributed by atoms with Crippen molar-refractivity contribution in [3.05, 3.63) is 71.3 Å². The topological polar surface area (TPSA) is 32.3 Å². The van der Waals surface area contributed by atoms with E-state index in [0.29, 0.717) is 6.54 Å². The molecule has 1 fully saturated rings. The Morgan fingerprint density at radius 2 is 1.77 bits per heavy atom. The Bertz CT molecular complexity index is 733. The Kier molecular flexibility index (Phi) is 5.77. The van der Waals surface area contributed by atoms with Crippen LogP contribution < -0.4 is 5.32 Å². The molecule has 1 aliphatic carbocycles. The molecule has 3 heteroatoms. The van der Waals surface area contributed by atoms with Gasteiger partial charge in [0, 0.05) is 6.54 Å². The van der Waals surface area contributed by atoms with Crippen molar-refractivity contribution < 1.29 is 4.79 Å². The van der Waals surface area contributed by atoms with Crippen molar-refractivity contribution in [2.24, 2.45) is 0 Å². The molecule has 1 amide bonds.